The second kappa shape index (κ2) is 4.93. The van der Waals surface area contributed by atoms with Crippen molar-refractivity contribution in [2.75, 3.05) is 11.9 Å². The number of anilines is 1. The summed E-state index contributed by atoms with van der Waals surface area (Å²) in [6.45, 7) is 2.92. The number of fused-ring (bicyclic) bond motifs is 1. The third kappa shape index (κ3) is 2.03. The first-order valence-electron chi connectivity index (χ1n) is 5.74. The van der Waals surface area contributed by atoms with E-state index in [1.807, 2.05) is 17.8 Å². The Morgan fingerprint density at radius 3 is 3.06 bits per heavy atom. The number of hydrogen-bond donors (Lipinski definition) is 1. The van der Waals surface area contributed by atoms with Crippen LogP contribution in [0, 0.1) is 0 Å². The maximum Gasteiger partial charge on any atom is 0.199 e. The molecule has 0 bridgehead atoms. The van der Waals surface area contributed by atoms with Crippen LogP contribution >= 0.6 is 27.7 Å². The first-order valence-corrected chi connectivity index (χ1v) is 7.69. The minimum absolute atomic E-state index is 0.643. The van der Waals surface area contributed by atoms with Gasteiger partial charge in [-0.05, 0) is 28.9 Å². The zero-order chi connectivity index (χ0) is 12.5. The molecule has 94 valence electrons. The quantitative estimate of drug-likeness (QED) is 0.932. The highest BCUT2D eigenvalue weighted by atomic mass is 79.9. The van der Waals surface area contributed by atoms with Crippen molar-refractivity contribution in [1.82, 2.24) is 9.97 Å². The largest absolute Gasteiger partial charge is 0.460 e. The van der Waals surface area contributed by atoms with Crippen molar-refractivity contribution in [2.24, 2.45) is 0 Å². The van der Waals surface area contributed by atoms with E-state index in [4.69, 9.17) is 4.42 Å². The SMILES string of the molecule is CCNc1nc(-c2occc2Br)nc2c1CSC2. The van der Waals surface area contributed by atoms with Crippen LogP contribution in [0.2, 0.25) is 0 Å². The molecule has 0 spiro atoms. The van der Waals surface area contributed by atoms with Gasteiger partial charge in [-0.15, -0.1) is 0 Å². The van der Waals surface area contributed by atoms with Crippen molar-refractivity contribution >= 4 is 33.5 Å². The first-order chi connectivity index (χ1) is 8.79. The van der Waals surface area contributed by atoms with Gasteiger partial charge in [0.05, 0.1) is 16.4 Å². The summed E-state index contributed by atoms with van der Waals surface area (Å²) in [6.07, 6.45) is 1.64. The molecule has 2 aromatic heterocycles. The minimum Gasteiger partial charge on any atom is -0.460 e. The van der Waals surface area contributed by atoms with Gasteiger partial charge in [0.25, 0.3) is 0 Å². The van der Waals surface area contributed by atoms with E-state index in [-0.39, 0.29) is 0 Å². The monoisotopic (exact) mass is 325 g/mol. The van der Waals surface area contributed by atoms with Crippen LogP contribution < -0.4 is 5.32 Å². The molecule has 18 heavy (non-hydrogen) atoms. The van der Waals surface area contributed by atoms with Crippen LogP contribution in [0.25, 0.3) is 11.6 Å². The van der Waals surface area contributed by atoms with Crippen molar-refractivity contribution in [3.63, 3.8) is 0 Å². The third-order valence-electron chi connectivity index (χ3n) is 2.74. The molecule has 0 unspecified atom stereocenters. The molecule has 0 saturated carbocycles. The van der Waals surface area contributed by atoms with E-state index < -0.39 is 0 Å². The Morgan fingerprint density at radius 2 is 2.33 bits per heavy atom. The van der Waals surface area contributed by atoms with Crippen LogP contribution in [0.5, 0.6) is 0 Å². The number of nitrogens with zero attached hydrogens (tertiary/aromatic N) is 2. The second-order valence-electron chi connectivity index (χ2n) is 3.94. The maximum atomic E-state index is 5.44. The number of rotatable bonds is 3. The Kier molecular flexibility index (Phi) is 3.30. The standard InChI is InChI=1S/C12H12BrN3OS/c1-2-14-11-7-5-18-6-9(7)15-12(16-11)10-8(13)3-4-17-10/h3-4H,2,5-6H2,1H3,(H,14,15,16). The van der Waals surface area contributed by atoms with Gasteiger partial charge in [0.1, 0.15) is 5.82 Å². The van der Waals surface area contributed by atoms with Gasteiger partial charge < -0.3 is 9.73 Å². The summed E-state index contributed by atoms with van der Waals surface area (Å²) in [4.78, 5) is 9.18. The van der Waals surface area contributed by atoms with E-state index >= 15 is 0 Å². The predicted molar refractivity (Wildman–Crippen MR) is 76.6 cm³/mol. The van der Waals surface area contributed by atoms with Gasteiger partial charge in [0, 0.05) is 23.6 Å². The molecule has 1 aliphatic rings. The van der Waals surface area contributed by atoms with E-state index in [1.54, 1.807) is 6.26 Å². The second-order valence-corrected chi connectivity index (χ2v) is 5.78. The molecule has 0 aliphatic carbocycles. The summed E-state index contributed by atoms with van der Waals surface area (Å²) in [5, 5.41) is 3.31. The zero-order valence-electron chi connectivity index (χ0n) is 9.86. The molecule has 1 aliphatic heterocycles. The van der Waals surface area contributed by atoms with Crippen molar-refractivity contribution in [2.45, 2.75) is 18.4 Å². The molecule has 0 fully saturated rings. The van der Waals surface area contributed by atoms with E-state index in [2.05, 4.69) is 38.1 Å². The fourth-order valence-corrected chi connectivity index (χ4v) is 3.34. The van der Waals surface area contributed by atoms with Crippen LogP contribution in [-0.4, -0.2) is 16.5 Å². The summed E-state index contributed by atoms with van der Waals surface area (Å²) >= 11 is 5.32. The van der Waals surface area contributed by atoms with Crippen LogP contribution in [0.1, 0.15) is 18.2 Å². The number of halogens is 1. The lowest BCUT2D eigenvalue weighted by Gasteiger charge is -2.09. The van der Waals surface area contributed by atoms with Crippen LogP contribution in [0.3, 0.4) is 0 Å². The average molecular weight is 326 g/mol. The summed E-state index contributed by atoms with van der Waals surface area (Å²) < 4.78 is 6.32. The van der Waals surface area contributed by atoms with Gasteiger partial charge in [-0.1, -0.05) is 0 Å². The van der Waals surface area contributed by atoms with Gasteiger partial charge in [0.15, 0.2) is 11.6 Å². The molecule has 0 amide bonds. The predicted octanol–water partition coefficient (Wildman–Crippen LogP) is 3.68. The third-order valence-corrected chi connectivity index (χ3v) is 4.34. The number of aromatic nitrogens is 2. The molecule has 4 nitrogen and oxygen atoms in total. The van der Waals surface area contributed by atoms with Gasteiger partial charge >= 0.3 is 0 Å². The normalized spacial score (nSPS) is 13.7. The Labute approximate surface area is 118 Å². The molecule has 2 aromatic rings. The number of furan rings is 1. The average Bonchev–Trinajstić information content (AvgIpc) is 2.97. The highest BCUT2D eigenvalue weighted by Crippen LogP contribution is 2.35. The molecule has 1 N–H and O–H groups in total. The van der Waals surface area contributed by atoms with Crippen molar-refractivity contribution < 1.29 is 4.42 Å². The van der Waals surface area contributed by atoms with E-state index in [0.717, 1.165) is 34.0 Å². The Bertz CT molecular complexity index is 585. The smallest absolute Gasteiger partial charge is 0.199 e. The van der Waals surface area contributed by atoms with E-state index in [1.165, 1.54) is 5.56 Å². The number of hydrogen-bond acceptors (Lipinski definition) is 5. The topological polar surface area (TPSA) is 51.0 Å². The highest BCUT2D eigenvalue weighted by molar-refractivity contribution is 9.10. The first kappa shape index (κ1) is 12.0. The minimum atomic E-state index is 0.643. The van der Waals surface area contributed by atoms with Crippen LogP contribution in [-0.2, 0) is 11.5 Å². The summed E-state index contributed by atoms with van der Waals surface area (Å²) in [5.74, 6) is 4.20. The van der Waals surface area contributed by atoms with Gasteiger partial charge in [0.2, 0.25) is 0 Å². The fourth-order valence-electron chi connectivity index (χ4n) is 1.92. The molecule has 0 aromatic carbocycles. The molecule has 0 radical (unpaired) electrons. The van der Waals surface area contributed by atoms with Crippen molar-refractivity contribution in [1.29, 1.82) is 0 Å². The van der Waals surface area contributed by atoms with Gasteiger partial charge in [-0.3, -0.25) is 0 Å². The lowest BCUT2D eigenvalue weighted by Crippen LogP contribution is -2.06. The maximum absolute atomic E-state index is 5.44. The summed E-state index contributed by atoms with van der Waals surface area (Å²) in [6, 6.07) is 1.85. The zero-order valence-corrected chi connectivity index (χ0v) is 12.3. The van der Waals surface area contributed by atoms with E-state index in [0.29, 0.717) is 11.6 Å². The summed E-state index contributed by atoms with van der Waals surface area (Å²) in [5.41, 5.74) is 2.34. The summed E-state index contributed by atoms with van der Waals surface area (Å²) in [7, 11) is 0. The Balaban J connectivity index is 2.12. The van der Waals surface area contributed by atoms with Gasteiger partial charge in [-0.25, -0.2) is 9.97 Å². The lowest BCUT2D eigenvalue weighted by molar-refractivity contribution is 0.575. The van der Waals surface area contributed by atoms with Crippen LogP contribution in [0.4, 0.5) is 5.82 Å². The molecular weight excluding hydrogens is 314 g/mol. The molecule has 0 atom stereocenters. The lowest BCUT2D eigenvalue weighted by atomic mass is 10.2. The molecule has 6 heteroatoms. The molecular formula is C12H12BrN3OS. The highest BCUT2D eigenvalue weighted by Gasteiger charge is 2.21. The van der Waals surface area contributed by atoms with E-state index in [9.17, 15) is 0 Å². The van der Waals surface area contributed by atoms with Crippen molar-refractivity contribution in [3.05, 3.63) is 28.1 Å². The number of nitrogens with one attached hydrogen (secondary N) is 1. The number of thioether (sulfide) groups is 1. The molecule has 3 heterocycles. The van der Waals surface area contributed by atoms with Crippen molar-refractivity contribution in [3.8, 4) is 11.6 Å². The Morgan fingerprint density at radius 1 is 1.44 bits per heavy atom. The molecule has 3 rings (SSSR count). The van der Waals surface area contributed by atoms with Gasteiger partial charge in [-0.2, -0.15) is 11.8 Å². The fraction of sp³-hybridized carbons (Fsp3) is 0.333. The van der Waals surface area contributed by atoms with Crippen LogP contribution in [0.15, 0.2) is 21.2 Å². The molecule has 0 saturated heterocycles. The Hall–Kier alpha value is -1.01.